The molecule has 0 aliphatic heterocycles. The first kappa shape index (κ1) is 37.6. The number of nitrogens with one attached hydrogen (secondary N) is 2. The number of amides is 2. The molecular formula is C36H56N4O5. The van der Waals surface area contributed by atoms with E-state index in [1.807, 2.05) is 84.0 Å². The number of carbonyl (C=O) groups is 3. The van der Waals surface area contributed by atoms with Gasteiger partial charge in [-0.3, -0.25) is 9.59 Å². The summed E-state index contributed by atoms with van der Waals surface area (Å²) in [5.41, 5.74) is 10.2. The van der Waals surface area contributed by atoms with Gasteiger partial charge >= 0.3 is 18.0 Å². The molecule has 9 heteroatoms. The van der Waals surface area contributed by atoms with Crippen LogP contribution in [0.3, 0.4) is 0 Å². The lowest BCUT2D eigenvalue weighted by Gasteiger charge is -2.31. The molecule has 0 radical (unpaired) electrons. The molecule has 0 bridgehead atoms. The molecule has 1 unspecified atom stereocenters. The van der Waals surface area contributed by atoms with E-state index in [4.69, 9.17) is 15.2 Å². The van der Waals surface area contributed by atoms with Crippen molar-refractivity contribution in [2.75, 3.05) is 28.6 Å². The van der Waals surface area contributed by atoms with Crippen LogP contribution in [0.5, 0.6) is 0 Å². The molecule has 0 aliphatic carbocycles. The fourth-order valence-corrected chi connectivity index (χ4v) is 4.90. The van der Waals surface area contributed by atoms with Gasteiger partial charge in [-0.2, -0.15) is 0 Å². The van der Waals surface area contributed by atoms with Crippen LogP contribution in [-0.4, -0.2) is 43.4 Å². The maximum Gasteiger partial charge on any atom is 0.326 e. The standard InChI is InChI=1S/C36H56N4O5/c1-11-27(19-32(41)44-35(25(8)9)45-34(42)33(37)24(6)7)28-14-17-31(40(20-22(2)3)21-23(4)5)30(18-28)39-36(43)38-29-15-12-26(10)13-16-29/h12-18,22-25,27,33,35H,11,19-21,37H2,1-10H3,(H2,38,39,43)/t27-,33-,35?/m0/s1. The number of aryl methyl sites for hydroxylation is 1. The average molecular weight is 625 g/mol. The van der Waals surface area contributed by atoms with Crippen molar-refractivity contribution in [3.05, 3.63) is 53.6 Å². The minimum Gasteiger partial charge on any atom is -0.425 e. The summed E-state index contributed by atoms with van der Waals surface area (Å²) >= 11 is 0. The van der Waals surface area contributed by atoms with E-state index >= 15 is 0 Å². The summed E-state index contributed by atoms with van der Waals surface area (Å²) in [6.07, 6.45) is -0.281. The number of nitrogens with two attached hydrogens (primary N) is 1. The molecule has 0 fully saturated rings. The molecule has 0 saturated heterocycles. The van der Waals surface area contributed by atoms with E-state index in [-0.39, 0.29) is 30.2 Å². The van der Waals surface area contributed by atoms with E-state index in [9.17, 15) is 14.4 Å². The molecule has 2 rings (SSSR count). The van der Waals surface area contributed by atoms with Crippen LogP contribution in [0.2, 0.25) is 0 Å². The fraction of sp³-hybridized carbons (Fsp3) is 0.583. The van der Waals surface area contributed by atoms with Crippen molar-refractivity contribution in [3.63, 3.8) is 0 Å². The van der Waals surface area contributed by atoms with E-state index in [1.54, 1.807) is 0 Å². The number of nitrogens with zero attached hydrogens (tertiary/aromatic N) is 1. The molecule has 4 N–H and O–H groups in total. The van der Waals surface area contributed by atoms with E-state index < -0.39 is 24.3 Å². The van der Waals surface area contributed by atoms with Crippen molar-refractivity contribution in [1.29, 1.82) is 0 Å². The van der Waals surface area contributed by atoms with Crippen LogP contribution in [0.1, 0.15) is 92.2 Å². The van der Waals surface area contributed by atoms with Crippen LogP contribution in [-0.2, 0) is 19.1 Å². The van der Waals surface area contributed by atoms with Crippen LogP contribution < -0.4 is 21.3 Å². The number of hydrogen-bond acceptors (Lipinski definition) is 7. The molecule has 2 aromatic rings. The molecule has 2 amide bonds. The molecule has 0 aliphatic rings. The predicted octanol–water partition coefficient (Wildman–Crippen LogP) is 7.69. The second kappa shape index (κ2) is 17.8. The molecule has 250 valence electrons. The zero-order valence-electron chi connectivity index (χ0n) is 29.0. The lowest BCUT2D eigenvalue weighted by molar-refractivity contribution is -0.197. The highest BCUT2D eigenvalue weighted by Crippen LogP contribution is 2.34. The van der Waals surface area contributed by atoms with Gasteiger partial charge in [0.25, 0.3) is 0 Å². The third kappa shape index (κ3) is 12.4. The maximum absolute atomic E-state index is 13.2. The molecule has 0 heterocycles. The number of ether oxygens (including phenoxy) is 2. The van der Waals surface area contributed by atoms with E-state index in [2.05, 4.69) is 43.2 Å². The Morgan fingerprint density at radius 1 is 0.822 bits per heavy atom. The quantitative estimate of drug-likeness (QED) is 0.129. The number of benzene rings is 2. The number of rotatable bonds is 16. The van der Waals surface area contributed by atoms with E-state index in [0.29, 0.717) is 29.6 Å². The van der Waals surface area contributed by atoms with Gasteiger partial charge in [0.15, 0.2) is 0 Å². The van der Waals surface area contributed by atoms with Gasteiger partial charge in [0, 0.05) is 24.7 Å². The first-order valence-corrected chi connectivity index (χ1v) is 16.3. The second-order valence-corrected chi connectivity index (χ2v) is 13.5. The van der Waals surface area contributed by atoms with Gasteiger partial charge in [-0.15, -0.1) is 0 Å². The summed E-state index contributed by atoms with van der Waals surface area (Å²) < 4.78 is 11.1. The summed E-state index contributed by atoms with van der Waals surface area (Å²) in [4.78, 5) is 41.2. The summed E-state index contributed by atoms with van der Waals surface area (Å²) in [5, 5.41) is 6.01. The topological polar surface area (TPSA) is 123 Å². The molecule has 2 aromatic carbocycles. The van der Waals surface area contributed by atoms with Crippen LogP contribution in [0.4, 0.5) is 21.9 Å². The third-order valence-corrected chi connectivity index (χ3v) is 7.48. The first-order valence-electron chi connectivity index (χ1n) is 16.3. The Bertz CT molecular complexity index is 1230. The molecule has 0 spiro atoms. The molecule has 0 saturated carbocycles. The Kier molecular flexibility index (Phi) is 14.9. The van der Waals surface area contributed by atoms with Crippen LogP contribution in [0, 0.1) is 30.6 Å². The number of hydrogen-bond donors (Lipinski definition) is 3. The Morgan fingerprint density at radius 3 is 1.93 bits per heavy atom. The Labute approximate surface area is 270 Å². The number of anilines is 3. The van der Waals surface area contributed by atoms with Gasteiger partial charge in [-0.1, -0.05) is 86.1 Å². The lowest BCUT2D eigenvalue weighted by atomic mass is 9.92. The molecular weight excluding hydrogens is 568 g/mol. The SMILES string of the molecule is CC[C@@H](CC(=O)OC(OC(=O)[C@@H](N)C(C)C)C(C)C)c1ccc(N(CC(C)C)CC(C)C)c(NC(=O)Nc2ccc(C)cc2)c1. The summed E-state index contributed by atoms with van der Waals surface area (Å²) in [6.45, 7) is 21.7. The van der Waals surface area contributed by atoms with Crippen LogP contribution in [0.25, 0.3) is 0 Å². The molecule has 45 heavy (non-hydrogen) atoms. The summed E-state index contributed by atoms with van der Waals surface area (Å²) in [5.74, 6) is -0.769. The van der Waals surface area contributed by atoms with Crippen molar-refractivity contribution in [2.24, 2.45) is 29.4 Å². The normalized spacial score (nSPS) is 13.5. The summed E-state index contributed by atoms with van der Waals surface area (Å²) in [6, 6.07) is 12.5. The highest BCUT2D eigenvalue weighted by molar-refractivity contribution is 6.02. The molecule has 9 nitrogen and oxygen atoms in total. The number of carbonyl (C=O) groups excluding carboxylic acids is 3. The smallest absolute Gasteiger partial charge is 0.326 e. The third-order valence-electron chi connectivity index (χ3n) is 7.48. The molecule has 3 atom stereocenters. The zero-order valence-corrected chi connectivity index (χ0v) is 29.0. The Balaban J connectivity index is 2.35. The van der Waals surface area contributed by atoms with Gasteiger partial charge < -0.3 is 30.7 Å². The predicted molar refractivity (Wildman–Crippen MR) is 183 cm³/mol. The minimum atomic E-state index is -1.03. The van der Waals surface area contributed by atoms with Crippen LogP contribution in [0.15, 0.2) is 42.5 Å². The summed E-state index contributed by atoms with van der Waals surface area (Å²) in [7, 11) is 0. The van der Waals surface area contributed by atoms with Crippen molar-refractivity contribution < 1.29 is 23.9 Å². The van der Waals surface area contributed by atoms with Crippen molar-refractivity contribution in [2.45, 2.75) is 100 Å². The van der Waals surface area contributed by atoms with E-state index in [1.165, 1.54) is 0 Å². The van der Waals surface area contributed by atoms with Crippen LogP contribution >= 0.6 is 0 Å². The fourth-order valence-electron chi connectivity index (χ4n) is 4.90. The van der Waals surface area contributed by atoms with Gasteiger partial charge in [-0.05, 0) is 66.8 Å². The van der Waals surface area contributed by atoms with Gasteiger partial charge in [0.2, 0.25) is 6.29 Å². The van der Waals surface area contributed by atoms with Crippen molar-refractivity contribution in [3.8, 4) is 0 Å². The Morgan fingerprint density at radius 2 is 1.42 bits per heavy atom. The van der Waals surface area contributed by atoms with Gasteiger partial charge in [-0.25, -0.2) is 4.79 Å². The van der Waals surface area contributed by atoms with Crippen molar-refractivity contribution in [1.82, 2.24) is 0 Å². The molecule has 0 aromatic heterocycles. The lowest BCUT2D eigenvalue weighted by Crippen LogP contribution is -2.41. The van der Waals surface area contributed by atoms with Gasteiger partial charge in [0.1, 0.15) is 6.04 Å². The van der Waals surface area contributed by atoms with Crippen molar-refractivity contribution >= 4 is 35.0 Å². The monoisotopic (exact) mass is 624 g/mol. The van der Waals surface area contributed by atoms with E-state index in [0.717, 1.165) is 29.9 Å². The maximum atomic E-state index is 13.2. The largest absolute Gasteiger partial charge is 0.425 e. The zero-order chi connectivity index (χ0) is 33.8. The average Bonchev–Trinajstić information content (AvgIpc) is 2.95. The first-order chi connectivity index (χ1) is 21.1. The highest BCUT2D eigenvalue weighted by atomic mass is 16.7. The van der Waals surface area contributed by atoms with Gasteiger partial charge in [0.05, 0.1) is 17.8 Å². The minimum absolute atomic E-state index is 0.0869. The Hall–Kier alpha value is -3.59. The highest BCUT2D eigenvalue weighted by Gasteiger charge is 2.28. The number of esters is 2. The second-order valence-electron chi connectivity index (χ2n) is 13.5. The number of urea groups is 1.